The number of nitrogens with one attached hydrogen (secondary N) is 3. The second-order valence-corrected chi connectivity index (χ2v) is 6.48. The molecule has 0 radical (unpaired) electrons. The molecule has 2 heterocycles. The first kappa shape index (κ1) is 17.7. The van der Waals surface area contributed by atoms with Gasteiger partial charge in [0, 0.05) is 35.6 Å². The molecule has 0 saturated carbocycles. The summed E-state index contributed by atoms with van der Waals surface area (Å²) >= 11 is 0. The number of H-pyrrole nitrogens is 2. The van der Waals surface area contributed by atoms with Crippen molar-refractivity contribution in [1.29, 1.82) is 0 Å². The second-order valence-electron chi connectivity index (χ2n) is 6.48. The Labute approximate surface area is 152 Å². The molecule has 1 aromatic carbocycles. The van der Waals surface area contributed by atoms with Gasteiger partial charge in [0.05, 0.1) is 0 Å². The molecule has 0 bridgehead atoms. The Balaban J connectivity index is 1.54. The second kappa shape index (κ2) is 7.87. The number of benzene rings is 1. The fourth-order valence-electron chi connectivity index (χ4n) is 3.00. The van der Waals surface area contributed by atoms with Crippen LogP contribution in [0.5, 0.6) is 0 Å². The first-order valence-corrected chi connectivity index (χ1v) is 8.72. The topological polar surface area (TPSA) is 77.8 Å². The largest absolute Gasteiger partial charge is 0.358 e. The van der Waals surface area contributed by atoms with E-state index in [4.69, 9.17) is 0 Å². The minimum atomic E-state index is -0.139. The van der Waals surface area contributed by atoms with E-state index < -0.39 is 0 Å². The van der Waals surface area contributed by atoms with Gasteiger partial charge in [0.1, 0.15) is 0 Å². The molecular formula is C21H23N3O2. The van der Waals surface area contributed by atoms with Crippen molar-refractivity contribution in [3.8, 4) is 11.3 Å². The molecule has 0 fully saturated rings. The average molecular weight is 349 g/mol. The van der Waals surface area contributed by atoms with Crippen molar-refractivity contribution >= 4 is 5.91 Å². The minimum absolute atomic E-state index is 0.0692. The van der Waals surface area contributed by atoms with Crippen molar-refractivity contribution in [2.75, 3.05) is 0 Å². The lowest BCUT2D eigenvalue weighted by Crippen LogP contribution is -2.28. The molecule has 3 aromatic rings. The molecule has 5 nitrogen and oxygen atoms in total. The van der Waals surface area contributed by atoms with E-state index in [1.165, 1.54) is 0 Å². The maximum absolute atomic E-state index is 12.1. The lowest BCUT2D eigenvalue weighted by molar-refractivity contribution is -0.121. The van der Waals surface area contributed by atoms with Crippen LogP contribution in [-0.4, -0.2) is 15.9 Å². The Hall–Kier alpha value is -3.08. The highest BCUT2D eigenvalue weighted by atomic mass is 16.1. The lowest BCUT2D eigenvalue weighted by atomic mass is 10.1. The molecule has 5 heteroatoms. The van der Waals surface area contributed by atoms with Crippen LogP contribution in [0, 0.1) is 13.8 Å². The first-order chi connectivity index (χ1) is 12.5. The SMILES string of the molecule is Cc1cc(C)c(CNC(=O)CCc2ccc(-c3ccccc3)[nH]2)c(=O)[nH]1. The van der Waals surface area contributed by atoms with Crippen molar-refractivity contribution in [2.45, 2.75) is 33.2 Å². The molecule has 134 valence electrons. The summed E-state index contributed by atoms with van der Waals surface area (Å²) < 4.78 is 0. The van der Waals surface area contributed by atoms with E-state index >= 15 is 0 Å². The summed E-state index contributed by atoms with van der Waals surface area (Å²) in [5, 5.41) is 2.84. The number of aromatic nitrogens is 2. The summed E-state index contributed by atoms with van der Waals surface area (Å²) in [6, 6.07) is 16.0. The van der Waals surface area contributed by atoms with Gasteiger partial charge < -0.3 is 15.3 Å². The van der Waals surface area contributed by atoms with E-state index in [9.17, 15) is 9.59 Å². The average Bonchev–Trinajstić information content (AvgIpc) is 3.09. The van der Waals surface area contributed by atoms with Crippen molar-refractivity contribution in [3.63, 3.8) is 0 Å². The molecule has 2 aromatic heterocycles. The van der Waals surface area contributed by atoms with Crippen LogP contribution < -0.4 is 10.9 Å². The maximum atomic E-state index is 12.1. The van der Waals surface area contributed by atoms with Crippen molar-refractivity contribution < 1.29 is 4.79 Å². The predicted octanol–water partition coefficient (Wildman–Crippen LogP) is 3.24. The highest BCUT2D eigenvalue weighted by Gasteiger charge is 2.09. The van der Waals surface area contributed by atoms with E-state index in [0.29, 0.717) is 18.4 Å². The molecule has 3 N–H and O–H groups in total. The molecule has 0 aliphatic rings. The Bertz CT molecular complexity index is 955. The number of aryl methyl sites for hydroxylation is 3. The fraction of sp³-hybridized carbons (Fsp3) is 0.238. The molecular weight excluding hydrogens is 326 g/mol. The number of aromatic amines is 2. The number of carbonyl (C=O) groups is 1. The molecule has 0 atom stereocenters. The quantitative estimate of drug-likeness (QED) is 0.639. The van der Waals surface area contributed by atoms with Crippen molar-refractivity contribution in [3.05, 3.63) is 81.4 Å². The zero-order valence-electron chi connectivity index (χ0n) is 15.1. The minimum Gasteiger partial charge on any atom is -0.358 e. The van der Waals surface area contributed by atoms with Crippen molar-refractivity contribution in [2.24, 2.45) is 0 Å². The highest BCUT2D eigenvalue weighted by molar-refractivity contribution is 5.76. The van der Waals surface area contributed by atoms with Gasteiger partial charge in [-0.15, -0.1) is 0 Å². The van der Waals surface area contributed by atoms with Gasteiger partial charge in [0.2, 0.25) is 5.91 Å². The van der Waals surface area contributed by atoms with Gasteiger partial charge in [0.25, 0.3) is 5.56 Å². The Morgan fingerprint density at radius 1 is 1.04 bits per heavy atom. The van der Waals surface area contributed by atoms with E-state index in [1.54, 1.807) is 0 Å². The summed E-state index contributed by atoms with van der Waals surface area (Å²) in [6.07, 6.45) is 0.999. The third kappa shape index (κ3) is 4.30. The zero-order valence-corrected chi connectivity index (χ0v) is 15.1. The summed E-state index contributed by atoms with van der Waals surface area (Å²) in [6.45, 7) is 3.98. The molecule has 0 unspecified atom stereocenters. The summed E-state index contributed by atoms with van der Waals surface area (Å²) in [5.41, 5.74) is 5.37. The first-order valence-electron chi connectivity index (χ1n) is 8.72. The smallest absolute Gasteiger partial charge is 0.253 e. The number of hydrogen-bond acceptors (Lipinski definition) is 2. The van der Waals surface area contributed by atoms with Crippen LogP contribution in [0.2, 0.25) is 0 Å². The summed E-state index contributed by atoms with van der Waals surface area (Å²) in [4.78, 5) is 30.2. The lowest BCUT2D eigenvalue weighted by Gasteiger charge is -2.08. The molecule has 0 aliphatic carbocycles. The van der Waals surface area contributed by atoms with Gasteiger partial charge in [-0.3, -0.25) is 9.59 Å². The number of carbonyl (C=O) groups excluding carboxylic acids is 1. The van der Waals surface area contributed by atoms with E-state index in [0.717, 1.165) is 28.2 Å². The molecule has 1 amide bonds. The summed E-state index contributed by atoms with van der Waals surface area (Å²) in [5.74, 6) is -0.0692. The molecule has 26 heavy (non-hydrogen) atoms. The molecule has 0 spiro atoms. The third-order valence-electron chi connectivity index (χ3n) is 4.41. The normalized spacial score (nSPS) is 10.7. The third-order valence-corrected chi connectivity index (χ3v) is 4.41. The summed E-state index contributed by atoms with van der Waals surface area (Å²) in [7, 11) is 0. The van der Waals surface area contributed by atoms with Crippen LogP contribution >= 0.6 is 0 Å². The van der Waals surface area contributed by atoms with Crippen LogP contribution in [0.4, 0.5) is 0 Å². The highest BCUT2D eigenvalue weighted by Crippen LogP contribution is 2.18. The Morgan fingerprint density at radius 3 is 2.54 bits per heavy atom. The van der Waals surface area contributed by atoms with Gasteiger partial charge in [-0.05, 0) is 49.6 Å². The van der Waals surface area contributed by atoms with Gasteiger partial charge >= 0.3 is 0 Å². The van der Waals surface area contributed by atoms with E-state index in [-0.39, 0.29) is 18.0 Å². The maximum Gasteiger partial charge on any atom is 0.253 e. The predicted molar refractivity (Wildman–Crippen MR) is 103 cm³/mol. The molecule has 0 aliphatic heterocycles. The fourth-order valence-corrected chi connectivity index (χ4v) is 3.00. The van der Waals surface area contributed by atoms with Gasteiger partial charge in [0.15, 0.2) is 0 Å². The Kier molecular flexibility index (Phi) is 5.37. The number of hydrogen-bond donors (Lipinski definition) is 3. The van der Waals surface area contributed by atoms with Crippen LogP contribution in [-0.2, 0) is 17.8 Å². The zero-order chi connectivity index (χ0) is 18.5. The van der Waals surface area contributed by atoms with Crippen molar-refractivity contribution in [1.82, 2.24) is 15.3 Å². The molecule has 3 rings (SSSR count). The number of amides is 1. The molecule has 0 saturated heterocycles. The monoisotopic (exact) mass is 349 g/mol. The Morgan fingerprint density at radius 2 is 1.81 bits per heavy atom. The van der Waals surface area contributed by atoms with Gasteiger partial charge in [-0.1, -0.05) is 30.3 Å². The van der Waals surface area contributed by atoms with Gasteiger partial charge in [-0.2, -0.15) is 0 Å². The number of pyridine rings is 1. The van der Waals surface area contributed by atoms with Crippen LogP contribution in [0.1, 0.15) is 28.9 Å². The van der Waals surface area contributed by atoms with E-state index in [1.807, 2.05) is 62.4 Å². The van der Waals surface area contributed by atoms with Crippen LogP contribution in [0.3, 0.4) is 0 Å². The van der Waals surface area contributed by atoms with Gasteiger partial charge in [-0.25, -0.2) is 0 Å². The van der Waals surface area contributed by atoms with E-state index in [2.05, 4.69) is 15.3 Å². The van der Waals surface area contributed by atoms with Crippen LogP contribution in [0.25, 0.3) is 11.3 Å². The standard InChI is InChI=1S/C21H23N3O2/c1-14-12-15(2)23-21(26)18(14)13-22-20(25)11-9-17-8-10-19(24-17)16-6-4-3-5-7-16/h3-8,10,12,24H,9,11,13H2,1-2H3,(H,22,25)(H,23,26). The number of rotatable bonds is 6. The van der Waals surface area contributed by atoms with Crippen LogP contribution in [0.15, 0.2) is 53.3 Å².